The Hall–Kier alpha value is -2.46. The SMILES string of the molecule is CC1(C)CC(Oc2ccc(-c3ccc4ccccc4c3)nn2)CC(C)(C)N1. The molecule has 0 bridgehead atoms. The van der Waals surface area contributed by atoms with Crippen molar-refractivity contribution >= 4 is 10.8 Å². The average Bonchev–Trinajstić information content (AvgIpc) is 2.59. The van der Waals surface area contributed by atoms with Gasteiger partial charge in [-0.2, -0.15) is 0 Å². The number of ether oxygens (including phenoxy) is 1. The zero-order valence-electron chi connectivity index (χ0n) is 16.5. The number of benzene rings is 2. The zero-order chi connectivity index (χ0) is 19.1. The van der Waals surface area contributed by atoms with Crippen LogP contribution in [0.4, 0.5) is 0 Å². The molecular formula is C23H27N3O. The van der Waals surface area contributed by atoms with Crippen LogP contribution in [0.2, 0.25) is 0 Å². The van der Waals surface area contributed by atoms with Gasteiger partial charge < -0.3 is 10.1 Å². The molecule has 4 rings (SSSR count). The summed E-state index contributed by atoms with van der Waals surface area (Å²) in [4.78, 5) is 0. The molecule has 3 aromatic rings. The van der Waals surface area contributed by atoms with E-state index in [1.54, 1.807) is 0 Å². The first-order valence-electron chi connectivity index (χ1n) is 9.59. The molecule has 27 heavy (non-hydrogen) atoms. The number of hydrogen-bond donors (Lipinski definition) is 1. The van der Waals surface area contributed by atoms with Crippen LogP contribution in [-0.2, 0) is 0 Å². The van der Waals surface area contributed by atoms with Crippen LogP contribution >= 0.6 is 0 Å². The summed E-state index contributed by atoms with van der Waals surface area (Å²) in [5.41, 5.74) is 2.02. The van der Waals surface area contributed by atoms with Gasteiger partial charge in [-0.1, -0.05) is 36.4 Å². The van der Waals surface area contributed by atoms with Gasteiger partial charge in [-0.15, -0.1) is 10.2 Å². The molecule has 0 atom stereocenters. The second-order valence-corrected chi connectivity index (χ2v) is 8.86. The lowest BCUT2D eigenvalue weighted by molar-refractivity contribution is 0.0524. The molecule has 0 amide bonds. The highest BCUT2D eigenvalue weighted by Crippen LogP contribution is 2.31. The van der Waals surface area contributed by atoms with Crippen molar-refractivity contribution in [2.45, 2.75) is 57.7 Å². The van der Waals surface area contributed by atoms with Gasteiger partial charge in [-0.05, 0) is 50.6 Å². The minimum atomic E-state index is 0.0465. The third-order valence-electron chi connectivity index (χ3n) is 5.13. The van der Waals surface area contributed by atoms with Gasteiger partial charge in [0.1, 0.15) is 6.10 Å². The first kappa shape index (κ1) is 17.9. The van der Waals surface area contributed by atoms with E-state index in [0.29, 0.717) is 5.88 Å². The molecule has 0 spiro atoms. The van der Waals surface area contributed by atoms with E-state index in [4.69, 9.17) is 4.74 Å². The van der Waals surface area contributed by atoms with Gasteiger partial charge in [-0.25, -0.2) is 0 Å². The van der Waals surface area contributed by atoms with E-state index in [1.165, 1.54) is 10.8 Å². The Kier molecular flexibility index (Phi) is 4.39. The number of aromatic nitrogens is 2. The maximum Gasteiger partial charge on any atom is 0.233 e. The summed E-state index contributed by atoms with van der Waals surface area (Å²) in [5, 5.41) is 14.8. The number of piperidine rings is 1. The van der Waals surface area contributed by atoms with Crippen LogP contribution in [0.25, 0.3) is 22.0 Å². The Labute approximate surface area is 161 Å². The van der Waals surface area contributed by atoms with Crippen LogP contribution in [0.5, 0.6) is 5.88 Å². The topological polar surface area (TPSA) is 47.0 Å². The largest absolute Gasteiger partial charge is 0.473 e. The van der Waals surface area contributed by atoms with Gasteiger partial charge in [0.25, 0.3) is 0 Å². The molecule has 1 aliphatic rings. The molecule has 4 nitrogen and oxygen atoms in total. The van der Waals surface area contributed by atoms with Gasteiger partial charge in [0.2, 0.25) is 5.88 Å². The summed E-state index contributed by atoms with van der Waals surface area (Å²) in [6, 6.07) is 18.6. The Balaban J connectivity index is 1.51. The monoisotopic (exact) mass is 361 g/mol. The lowest BCUT2D eigenvalue weighted by atomic mass is 9.81. The van der Waals surface area contributed by atoms with Crippen LogP contribution in [0.15, 0.2) is 54.6 Å². The summed E-state index contributed by atoms with van der Waals surface area (Å²) in [6.45, 7) is 8.88. The highest BCUT2D eigenvalue weighted by Gasteiger charge is 2.38. The van der Waals surface area contributed by atoms with Crippen LogP contribution < -0.4 is 10.1 Å². The second kappa shape index (κ2) is 6.61. The molecule has 0 radical (unpaired) electrons. The van der Waals surface area contributed by atoms with Gasteiger partial charge >= 0.3 is 0 Å². The first-order valence-corrected chi connectivity index (χ1v) is 9.59. The summed E-state index contributed by atoms with van der Waals surface area (Å²) in [6.07, 6.45) is 2.03. The minimum absolute atomic E-state index is 0.0465. The van der Waals surface area contributed by atoms with Crippen molar-refractivity contribution in [1.82, 2.24) is 15.5 Å². The molecular weight excluding hydrogens is 334 g/mol. The molecule has 2 heterocycles. The maximum absolute atomic E-state index is 6.17. The van der Waals surface area contributed by atoms with E-state index in [2.05, 4.69) is 85.7 Å². The summed E-state index contributed by atoms with van der Waals surface area (Å²) in [7, 11) is 0. The Morgan fingerprint density at radius 3 is 2.22 bits per heavy atom. The van der Waals surface area contributed by atoms with Crippen molar-refractivity contribution < 1.29 is 4.74 Å². The van der Waals surface area contributed by atoms with Crippen LogP contribution in [0.1, 0.15) is 40.5 Å². The van der Waals surface area contributed by atoms with E-state index < -0.39 is 0 Å². The summed E-state index contributed by atoms with van der Waals surface area (Å²) in [5.74, 6) is 0.595. The van der Waals surface area contributed by atoms with E-state index in [0.717, 1.165) is 24.1 Å². The second-order valence-electron chi connectivity index (χ2n) is 8.86. The van der Waals surface area contributed by atoms with E-state index in [9.17, 15) is 0 Å². The predicted octanol–water partition coefficient (Wildman–Crippen LogP) is 4.98. The van der Waals surface area contributed by atoms with E-state index in [-0.39, 0.29) is 17.2 Å². The van der Waals surface area contributed by atoms with Crippen molar-refractivity contribution in [1.29, 1.82) is 0 Å². The van der Waals surface area contributed by atoms with Gasteiger partial charge in [-0.3, -0.25) is 0 Å². The normalized spacial score (nSPS) is 19.1. The molecule has 1 aliphatic heterocycles. The number of fused-ring (bicyclic) bond motifs is 1. The molecule has 1 N–H and O–H groups in total. The number of nitrogens with zero attached hydrogens (tertiary/aromatic N) is 2. The average molecular weight is 361 g/mol. The van der Waals surface area contributed by atoms with Gasteiger partial charge in [0, 0.05) is 35.5 Å². The van der Waals surface area contributed by atoms with Crippen molar-refractivity contribution in [3.8, 4) is 17.1 Å². The fraction of sp³-hybridized carbons (Fsp3) is 0.391. The smallest absolute Gasteiger partial charge is 0.233 e. The third-order valence-corrected chi connectivity index (χ3v) is 5.13. The molecule has 4 heteroatoms. The molecule has 0 saturated carbocycles. The quantitative estimate of drug-likeness (QED) is 0.714. The molecule has 140 valence electrons. The molecule has 2 aromatic carbocycles. The minimum Gasteiger partial charge on any atom is -0.473 e. The van der Waals surface area contributed by atoms with Crippen molar-refractivity contribution in [2.75, 3.05) is 0 Å². The van der Waals surface area contributed by atoms with Gasteiger partial charge in [0.15, 0.2) is 0 Å². The fourth-order valence-electron chi connectivity index (χ4n) is 4.37. The fourth-order valence-corrected chi connectivity index (χ4v) is 4.37. The van der Waals surface area contributed by atoms with Crippen molar-refractivity contribution in [3.05, 3.63) is 54.6 Å². The van der Waals surface area contributed by atoms with Crippen molar-refractivity contribution in [3.63, 3.8) is 0 Å². The molecule has 0 unspecified atom stereocenters. The van der Waals surface area contributed by atoms with Crippen LogP contribution in [-0.4, -0.2) is 27.4 Å². The standard InChI is InChI=1S/C23H27N3O/c1-22(2)14-19(15-23(3,4)26-22)27-21-12-11-20(24-25-21)18-10-9-16-7-5-6-8-17(16)13-18/h5-13,19,26H,14-15H2,1-4H3. The van der Waals surface area contributed by atoms with Crippen LogP contribution in [0.3, 0.4) is 0 Å². The molecule has 1 fully saturated rings. The maximum atomic E-state index is 6.17. The third kappa shape index (κ3) is 4.11. The molecule has 1 saturated heterocycles. The molecule has 0 aliphatic carbocycles. The Morgan fingerprint density at radius 1 is 0.852 bits per heavy atom. The first-order chi connectivity index (χ1) is 12.8. The number of rotatable bonds is 3. The molecule has 1 aromatic heterocycles. The zero-order valence-corrected chi connectivity index (χ0v) is 16.5. The van der Waals surface area contributed by atoms with Gasteiger partial charge in [0.05, 0.1) is 5.69 Å². The number of hydrogen-bond acceptors (Lipinski definition) is 4. The van der Waals surface area contributed by atoms with E-state index in [1.807, 2.05) is 12.1 Å². The Bertz CT molecular complexity index is 931. The summed E-state index contributed by atoms with van der Waals surface area (Å²) < 4.78 is 6.17. The lowest BCUT2D eigenvalue weighted by Gasteiger charge is -2.46. The summed E-state index contributed by atoms with van der Waals surface area (Å²) >= 11 is 0. The predicted molar refractivity (Wildman–Crippen MR) is 110 cm³/mol. The van der Waals surface area contributed by atoms with E-state index >= 15 is 0 Å². The van der Waals surface area contributed by atoms with Crippen LogP contribution in [0, 0.1) is 0 Å². The van der Waals surface area contributed by atoms with Crippen molar-refractivity contribution in [2.24, 2.45) is 0 Å². The number of nitrogens with one attached hydrogen (secondary N) is 1. The lowest BCUT2D eigenvalue weighted by Crippen LogP contribution is -2.60. The Morgan fingerprint density at radius 2 is 1.56 bits per heavy atom. The highest BCUT2D eigenvalue weighted by atomic mass is 16.5. The highest BCUT2D eigenvalue weighted by molar-refractivity contribution is 5.86.